The predicted molar refractivity (Wildman–Crippen MR) is 139 cm³/mol. The summed E-state index contributed by atoms with van der Waals surface area (Å²) in [6.45, 7) is 10.9. The number of carboxylic acids is 1. The molecule has 2 aromatic heterocycles. The molecular formula is C29H35N3O3. The van der Waals surface area contributed by atoms with E-state index in [9.17, 15) is 9.90 Å². The lowest BCUT2D eigenvalue weighted by Crippen LogP contribution is -2.38. The van der Waals surface area contributed by atoms with E-state index in [1.54, 1.807) is 6.20 Å². The van der Waals surface area contributed by atoms with Crippen LogP contribution >= 0.6 is 0 Å². The van der Waals surface area contributed by atoms with Crippen LogP contribution < -0.4 is 9.64 Å². The molecule has 1 aliphatic heterocycles. The van der Waals surface area contributed by atoms with Crippen LogP contribution in [0.25, 0.3) is 11.3 Å². The van der Waals surface area contributed by atoms with Gasteiger partial charge in [-0.25, -0.2) is 0 Å². The normalized spacial score (nSPS) is 15.1. The third-order valence-corrected chi connectivity index (χ3v) is 6.88. The average Bonchev–Trinajstić information content (AvgIpc) is 2.81. The molecule has 0 amide bonds. The maximum atomic E-state index is 11.7. The molecule has 0 saturated carbocycles. The van der Waals surface area contributed by atoms with Crippen LogP contribution in [0.15, 0.2) is 48.8 Å². The molecule has 0 unspecified atom stereocenters. The number of aliphatic carboxylic acids is 1. The molecule has 35 heavy (non-hydrogen) atoms. The Kier molecular flexibility index (Phi) is 7.39. The van der Waals surface area contributed by atoms with Crippen molar-refractivity contribution in [2.45, 2.75) is 53.4 Å². The highest BCUT2D eigenvalue weighted by Gasteiger charge is 2.29. The second kappa shape index (κ2) is 10.5. The number of anilines is 1. The van der Waals surface area contributed by atoms with Crippen LogP contribution in [0.4, 0.5) is 5.69 Å². The molecule has 4 rings (SSSR count). The van der Waals surface area contributed by atoms with Gasteiger partial charge in [-0.3, -0.25) is 14.8 Å². The molecule has 6 heteroatoms. The molecule has 6 nitrogen and oxygen atoms in total. The number of carbonyl (C=O) groups is 1. The summed E-state index contributed by atoms with van der Waals surface area (Å²) < 4.78 is 5.94. The van der Waals surface area contributed by atoms with Crippen molar-refractivity contribution in [3.8, 4) is 17.0 Å². The molecule has 0 spiro atoms. The molecule has 0 bridgehead atoms. The molecule has 0 aliphatic carbocycles. The number of rotatable bonds is 8. The first-order valence-electron chi connectivity index (χ1n) is 12.3. The van der Waals surface area contributed by atoms with Crippen molar-refractivity contribution in [2.24, 2.45) is 5.41 Å². The number of aromatic nitrogens is 2. The molecule has 1 aromatic carbocycles. The third-order valence-electron chi connectivity index (χ3n) is 6.88. The number of piperidine rings is 1. The van der Waals surface area contributed by atoms with Crippen LogP contribution in [-0.4, -0.2) is 40.7 Å². The minimum absolute atomic E-state index is 0.0535. The van der Waals surface area contributed by atoms with Gasteiger partial charge in [0, 0.05) is 42.5 Å². The first kappa shape index (κ1) is 24.7. The molecule has 3 aromatic rings. The van der Waals surface area contributed by atoms with Crippen molar-refractivity contribution in [3.63, 3.8) is 0 Å². The highest BCUT2D eigenvalue weighted by Crippen LogP contribution is 2.39. The molecule has 3 heterocycles. The monoisotopic (exact) mass is 473 g/mol. The van der Waals surface area contributed by atoms with Crippen molar-refractivity contribution < 1.29 is 14.6 Å². The minimum atomic E-state index is -0.851. The maximum Gasteiger partial charge on any atom is 0.307 e. The average molecular weight is 474 g/mol. The maximum absolute atomic E-state index is 11.7. The Labute approximate surface area is 208 Å². The van der Waals surface area contributed by atoms with Crippen LogP contribution in [0, 0.1) is 19.3 Å². The summed E-state index contributed by atoms with van der Waals surface area (Å²) in [6, 6.07) is 12.3. The van der Waals surface area contributed by atoms with Crippen LogP contribution in [0.5, 0.6) is 5.75 Å². The molecule has 1 aliphatic rings. The number of hydrogen-bond donors (Lipinski definition) is 1. The fourth-order valence-electron chi connectivity index (χ4n) is 4.66. The second-order valence-electron chi connectivity index (χ2n) is 10.3. The lowest BCUT2D eigenvalue weighted by Gasteiger charge is -2.40. The molecule has 184 valence electrons. The Morgan fingerprint density at radius 3 is 2.51 bits per heavy atom. The van der Waals surface area contributed by atoms with Crippen LogP contribution in [-0.2, 0) is 17.6 Å². The van der Waals surface area contributed by atoms with Crippen molar-refractivity contribution in [1.82, 2.24) is 9.97 Å². The first-order chi connectivity index (χ1) is 16.7. The zero-order chi connectivity index (χ0) is 25.0. The number of benzene rings is 1. The topological polar surface area (TPSA) is 75.6 Å². The van der Waals surface area contributed by atoms with Gasteiger partial charge in [0.05, 0.1) is 30.6 Å². The van der Waals surface area contributed by atoms with Gasteiger partial charge in [-0.1, -0.05) is 43.7 Å². The van der Waals surface area contributed by atoms with Gasteiger partial charge in [-0.05, 0) is 49.8 Å². The summed E-state index contributed by atoms with van der Waals surface area (Å²) in [6.07, 6.45) is 6.46. The first-order valence-corrected chi connectivity index (χ1v) is 12.3. The Morgan fingerprint density at radius 2 is 1.86 bits per heavy atom. The Bertz CT molecular complexity index is 1180. The quantitative estimate of drug-likeness (QED) is 0.457. The largest absolute Gasteiger partial charge is 0.492 e. The Morgan fingerprint density at radius 1 is 1.09 bits per heavy atom. The van der Waals surface area contributed by atoms with Gasteiger partial charge < -0.3 is 14.7 Å². The third kappa shape index (κ3) is 6.18. The van der Waals surface area contributed by atoms with E-state index >= 15 is 0 Å². The van der Waals surface area contributed by atoms with Crippen molar-refractivity contribution in [2.75, 3.05) is 24.6 Å². The van der Waals surface area contributed by atoms with Gasteiger partial charge >= 0.3 is 5.97 Å². The fourth-order valence-corrected chi connectivity index (χ4v) is 4.66. The Hall–Kier alpha value is -3.41. The van der Waals surface area contributed by atoms with E-state index in [0.717, 1.165) is 60.6 Å². The van der Waals surface area contributed by atoms with Crippen LogP contribution in [0.3, 0.4) is 0 Å². The number of pyridine rings is 2. The number of aryl methyl sites for hydroxylation is 2. The highest BCUT2D eigenvalue weighted by atomic mass is 16.5. The second-order valence-corrected chi connectivity index (χ2v) is 10.3. The minimum Gasteiger partial charge on any atom is -0.492 e. The van der Waals surface area contributed by atoms with Crippen molar-refractivity contribution in [1.29, 1.82) is 0 Å². The van der Waals surface area contributed by atoms with Gasteiger partial charge in [-0.15, -0.1) is 0 Å². The standard InChI is InChI=1S/C29H35N3O3/c1-20-6-5-7-22(16-20)10-15-35-23-8-9-26(31-18-23)25-19-30-21(2)24(17-27(33)34)28(25)32-13-11-29(3,4)12-14-32/h5-9,16,18-19H,10-15,17H2,1-4H3,(H,33,34). The zero-order valence-corrected chi connectivity index (χ0v) is 21.2. The van der Waals surface area contributed by atoms with E-state index in [4.69, 9.17) is 4.74 Å². The number of carboxylic acid groups (broad SMARTS) is 1. The molecule has 1 fully saturated rings. The summed E-state index contributed by atoms with van der Waals surface area (Å²) >= 11 is 0. The van der Waals surface area contributed by atoms with Crippen LogP contribution in [0.2, 0.25) is 0 Å². The van der Waals surface area contributed by atoms with Gasteiger partial charge in [0.15, 0.2) is 0 Å². The van der Waals surface area contributed by atoms with Gasteiger partial charge in [0.1, 0.15) is 5.75 Å². The Balaban J connectivity index is 1.57. The lowest BCUT2D eigenvalue weighted by molar-refractivity contribution is -0.136. The molecule has 1 saturated heterocycles. The van der Waals surface area contributed by atoms with E-state index in [1.807, 2.05) is 25.3 Å². The highest BCUT2D eigenvalue weighted by molar-refractivity contribution is 5.83. The van der Waals surface area contributed by atoms with Gasteiger partial charge in [0.25, 0.3) is 0 Å². The van der Waals surface area contributed by atoms with E-state index in [-0.39, 0.29) is 6.42 Å². The van der Waals surface area contributed by atoms with E-state index in [2.05, 4.69) is 59.9 Å². The molecular weight excluding hydrogens is 438 g/mol. The molecule has 1 N–H and O–H groups in total. The van der Waals surface area contributed by atoms with Crippen molar-refractivity contribution in [3.05, 3.63) is 71.2 Å². The smallest absolute Gasteiger partial charge is 0.307 e. The number of ether oxygens (including phenoxy) is 1. The van der Waals surface area contributed by atoms with Crippen molar-refractivity contribution >= 4 is 11.7 Å². The SMILES string of the molecule is Cc1cccc(CCOc2ccc(-c3cnc(C)c(CC(=O)O)c3N3CCC(C)(C)CC3)nc2)c1. The summed E-state index contributed by atoms with van der Waals surface area (Å²) in [5, 5.41) is 9.60. The summed E-state index contributed by atoms with van der Waals surface area (Å²) in [5.41, 5.74) is 6.92. The number of hydrogen-bond acceptors (Lipinski definition) is 5. The van der Waals surface area contributed by atoms with Gasteiger partial charge in [0.2, 0.25) is 0 Å². The van der Waals surface area contributed by atoms with E-state index in [0.29, 0.717) is 17.8 Å². The molecule has 0 radical (unpaired) electrons. The van der Waals surface area contributed by atoms with E-state index < -0.39 is 5.97 Å². The number of nitrogens with zero attached hydrogens (tertiary/aromatic N) is 3. The lowest BCUT2D eigenvalue weighted by atomic mass is 9.82. The molecule has 0 atom stereocenters. The van der Waals surface area contributed by atoms with Gasteiger partial charge in [-0.2, -0.15) is 0 Å². The van der Waals surface area contributed by atoms with E-state index in [1.165, 1.54) is 11.1 Å². The predicted octanol–water partition coefficient (Wildman–Crippen LogP) is 5.64. The van der Waals surface area contributed by atoms with Crippen LogP contribution in [0.1, 0.15) is 49.1 Å². The summed E-state index contributed by atoms with van der Waals surface area (Å²) in [4.78, 5) is 23.2. The summed E-state index contributed by atoms with van der Waals surface area (Å²) in [7, 11) is 0. The summed E-state index contributed by atoms with van der Waals surface area (Å²) in [5.74, 6) is -0.135. The fraction of sp³-hybridized carbons (Fsp3) is 0.414. The zero-order valence-electron chi connectivity index (χ0n) is 21.2.